The van der Waals surface area contributed by atoms with Gasteiger partial charge in [-0.3, -0.25) is 0 Å². The zero-order valence-electron chi connectivity index (χ0n) is 11.8. The number of hydrogen-bond acceptors (Lipinski definition) is 4. The summed E-state index contributed by atoms with van der Waals surface area (Å²) >= 11 is 6.28. The number of halogens is 1. The van der Waals surface area contributed by atoms with Gasteiger partial charge in [0.25, 0.3) is 0 Å². The van der Waals surface area contributed by atoms with E-state index in [2.05, 4.69) is 21.9 Å². The lowest BCUT2D eigenvalue weighted by molar-refractivity contribution is 0.654. The molecule has 0 radical (unpaired) electrons. The molecule has 5 heteroatoms. The van der Waals surface area contributed by atoms with Gasteiger partial charge in [0.05, 0.1) is 10.7 Å². The third kappa shape index (κ3) is 3.00. The van der Waals surface area contributed by atoms with Gasteiger partial charge in [0.2, 0.25) is 0 Å². The van der Waals surface area contributed by atoms with E-state index >= 15 is 0 Å². The van der Waals surface area contributed by atoms with Gasteiger partial charge in [-0.1, -0.05) is 11.6 Å². The Morgan fingerprint density at radius 3 is 1.95 bits per heavy atom. The normalized spacial score (nSPS) is 15.3. The van der Waals surface area contributed by atoms with Crippen molar-refractivity contribution in [2.75, 3.05) is 47.4 Å². The summed E-state index contributed by atoms with van der Waals surface area (Å²) in [6.45, 7) is 3.80. The van der Waals surface area contributed by atoms with Crippen molar-refractivity contribution < 1.29 is 0 Å². The number of hydrogen-bond donors (Lipinski definition) is 2. The molecule has 0 saturated carbocycles. The molecule has 21 heavy (non-hydrogen) atoms. The Hall–Kier alpha value is -2.07. The summed E-state index contributed by atoms with van der Waals surface area (Å²) in [7, 11) is 0. The van der Waals surface area contributed by atoms with Crippen LogP contribution in [0.15, 0.2) is 42.5 Å². The quantitative estimate of drug-likeness (QED) is 0.838. The number of anilines is 4. The van der Waals surface area contributed by atoms with Gasteiger partial charge in [0, 0.05) is 43.2 Å². The van der Waals surface area contributed by atoms with E-state index in [1.165, 1.54) is 5.69 Å². The average molecular weight is 303 g/mol. The van der Waals surface area contributed by atoms with Crippen molar-refractivity contribution in [3.05, 3.63) is 47.5 Å². The molecule has 0 amide bonds. The van der Waals surface area contributed by atoms with Crippen LogP contribution in [0.4, 0.5) is 22.7 Å². The highest BCUT2D eigenvalue weighted by atomic mass is 35.5. The fraction of sp³-hybridized carbons (Fsp3) is 0.250. The molecule has 2 aromatic rings. The summed E-state index contributed by atoms with van der Waals surface area (Å²) in [5.74, 6) is 0. The van der Waals surface area contributed by atoms with E-state index in [9.17, 15) is 0 Å². The summed E-state index contributed by atoms with van der Waals surface area (Å²) in [5.41, 5.74) is 15.2. The SMILES string of the molecule is Nc1ccc(N2CCN(c3ccc(N)cc3Cl)CC2)cc1. The molecule has 1 fully saturated rings. The summed E-state index contributed by atoms with van der Waals surface area (Å²) < 4.78 is 0. The first-order valence-electron chi connectivity index (χ1n) is 7.04. The fourth-order valence-electron chi connectivity index (χ4n) is 2.67. The Morgan fingerprint density at radius 1 is 0.762 bits per heavy atom. The first-order valence-corrected chi connectivity index (χ1v) is 7.42. The standard InChI is InChI=1S/C16H19ClN4/c17-15-11-13(19)3-6-16(15)21-9-7-20(8-10-21)14-4-1-12(18)2-5-14/h1-6,11H,7-10,18-19H2. The second kappa shape index (κ2) is 5.74. The van der Waals surface area contributed by atoms with Crippen LogP contribution in [0.25, 0.3) is 0 Å². The maximum Gasteiger partial charge on any atom is 0.0660 e. The molecular weight excluding hydrogens is 284 g/mol. The number of benzene rings is 2. The third-order valence-corrected chi connectivity index (χ3v) is 4.15. The molecule has 2 aromatic carbocycles. The molecule has 1 aliphatic heterocycles. The van der Waals surface area contributed by atoms with E-state index in [1.807, 2.05) is 30.3 Å². The summed E-state index contributed by atoms with van der Waals surface area (Å²) in [6, 6.07) is 13.7. The van der Waals surface area contributed by atoms with Crippen LogP contribution in [0.5, 0.6) is 0 Å². The molecule has 4 nitrogen and oxygen atoms in total. The molecule has 0 spiro atoms. The lowest BCUT2D eigenvalue weighted by Crippen LogP contribution is -2.46. The highest BCUT2D eigenvalue weighted by Gasteiger charge is 2.19. The van der Waals surface area contributed by atoms with Gasteiger partial charge in [-0.15, -0.1) is 0 Å². The molecule has 0 unspecified atom stereocenters. The van der Waals surface area contributed by atoms with Crippen LogP contribution >= 0.6 is 11.6 Å². The highest BCUT2D eigenvalue weighted by Crippen LogP contribution is 2.29. The Morgan fingerprint density at radius 2 is 1.33 bits per heavy atom. The Bertz CT molecular complexity index is 619. The summed E-state index contributed by atoms with van der Waals surface area (Å²) in [4.78, 5) is 4.66. The lowest BCUT2D eigenvalue weighted by atomic mass is 10.2. The molecule has 0 aliphatic carbocycles. The Labute approximate surface area is 129 Å². The van der Waals surface area contributed by atoms with Crippen molar-refractivity contribution in [1.29, 1.82) is 0 Å². The monoisotopic (exact) mass is 302 g/mol. The first kappa shape index (κ1) is 13.9. The van der Waals surface area contributed by atoms with E-state index < -0.39 is 0 Å². The van der Waals surface area contributed by atoms with Crippen LogP contribution in [0, 0.1) is 0 Å². The summed E-state index contributed by atoms with van der Waals surface area (Å²) in [6.07, 6.45) is 0. The molecular formula is C16H19ClN4. The second-order valence-corrected chi connectivity index (χ2v) is 5.68. The van der Waals surface area contributed by atoms with Gasteiger partial charge >= 0.3 is 0 Å². The van der Waals surface area contributed by atoms with Crippen LogP contribution < -0.4 is 21.3 Å². The van der Waals surface area contributed by atoms with Crippen molar-refractivity contribution in [1.82, 2.24) is 0 Å². The first-order chi connectivity index (χ1) is 10.1. The molecule has 0 atom stereocenters. The molecule has 1 heterocycles. The van der Waals surface area contributed by atoms with Crippen molar-refractivity contribution >= 4 is 34.4 Å². The predicted molar refractivity (Wildman–Crippen MR) is 91.1 cm³/mol. The van der Waals surface area contributed by atoms with Crippen LogP contribution in [0.2, 0.25) is 5.02 Å². The molecule has 0 bridgehead atoms. The van der Waals surface area contributed by atoms with Crippen LogP contribution in [-0.2, 0) is 0 Å². The minimum Gasteiger partial charge on any atom is -0.399 e. The topological polar surface area (TPSA) is 58.5 Å². The second-order valence-electron chi connectivity index (χ2n) is 5.28. The van der Waals surface area contributed by atoms with Gasteiger partial charge in [0.1, 0.15) is 0 Å². The van der Waals surface area contributed by atoms with Crippen LogP contribution in [0.1, 0.15) is 0 Å². The maximum atomic E-state index is 6.28. The van der Waals surface area contributed by atoms with Crippen molar-refractivity contribution in [3.8, 4) is 0 Å². The fourth-order valence-corrected chi connectivity index (χ4v) is 2.98. The Kier molecular flexibility index (Phi) is 3.80. The van der Waals surface area contributed by atoms with E-state index in [0.29, 0.717) is 5.69 Å². The predicted octanol–water partition coefficient (Wildman–Crippen LogP) is 2.83. The molecule has 1 aliphatic rings. The number of piperazine rings is 1. The zero-order chi connectivity index (χ0) is 14.8. The summed E-state index contributed by atoms with van der Waals surface area (Å²) in [5, 5.41) is 0.718. The largest absolute Gasteiger partial charge is 0.399 e. The maximum absolute atomic E-state index is 6.28. The van der Waals surface area contributed by atoms with Crippen molar-refractivity contribution in [2.24, 2.45) is 0 Å². The number of rotatable bonds is 2. The van der Waals surface area contributed by atoms with Gasteiger partial charge in [-0.25, -0.2) is 0 Å². The number of nitrogens with two attached hydrogens (primary N) is 2. The molecule has 0 aromatic heterocycles. The molecule has 1 saturated heterocycles. The van der Waals surface area contributed by atoms with Gasteiger partial charge < -0.3 is 21.3 Å². The number of nitrogen functional groups attached to an aromatic ring is 2. The smallest absolute Gasteiger partial charge is 0.0660 e. The van der Waals surface area contributed by atoms with Gasteiger partial charge in [-0.2, -0.15) is 0 Å². The Balaban J connectivity index is 1.68. The molecule has 110 valence electrons. The average Bonchev–Trinajstić information content (AvgIpc) is 2.48. The van der Waals surface area contributed by atoms with E-state index in [1.54, 1.807) is 0 Å². The lowest BCUT2D eigenvalue weighted by Gasteiger charge is -2.37. The minimum atomic E-state index is 0.698. The molecule has 4 N–H and O–H groups in total. The minimum absolute atomic E-state index is 0.698. The van der Waals surface area contributed by atoms with Crippen molar-refractivity contribution in [3.63, 3.8) is 0 Å². The van der Waals surface area contributed by atoms with Crippen LogP contribution in [0.3, 0.4) is 0 Å². The van der Waals surface area contributed by atoms with E-state index in [-0.39, 0.29) is 0 Å². The number of nitrogens with zero attached hydrogens (tertiary/aromatic N) is 2. The van der Waals surface area contributed by atoms with E-state index in [0.717, 1.165) is 42.6 Å². The van der Waals surface area contributed by atoms with Crippen LogP contribution in [-0.4, -0.2) is 26.2 Å². The van der Waals surface area contributed by atoms with Crippen molar-refractivity contribution in [2.45, 2.75) is 0 Å². The van der Waals surface area contributed by atoms with Gasteiger partial charge in [0.15, 0.2) is 0 Å². The van der Waals surface area contributed by atoms with E-state index in [4.69, 9.17) is 23.1 Å². The zero-order valence-corrected chi connectivity index (χ0v) is 12.6. The third-order valence-electron chi connectivity index (χ3n) is 3.85. The highest BCUT2D eigenvalue weighted by molar-refractivity contribution is 6.33. The van der Waals surface area contributed by atoms with Gasteiger partial charge in [-0.05, 0) is 42.5 Å². The molecule has 3 rings (SSSR count).